The van der Waals surface area contributed by atoms with E-state index in [0.717, 1.165) is 12.2 Å². The highest BCUT2D eigenvalue weighted by Gasteiger charge is 2.01. The second-order valence-electron chi connectivity index (χ2n) is 3.39. The van der Waals surface area contributed by atoms with E-state index in [9.17, 15) is 0 Å². The van der Waals surface area contributed by atoms with Crippen molar-refractivity contribution in [1.29, 1.82) is 0 Å². The molecule has 0 saturated carbocycles. The van der Waals surface area contributed by atoms with E-state index in [1.165, 1.54) is 11.1 Å². The Labute approximate surface area is 91.9 Å². The van der Waals surface area contributed by atoms with Gasteiger partial charge in [-0.25, -0.2) is 0 Å². The van der Waals surface area contributed by atoms with Crippen LogP contribution in [0.4, 0.5) is 0 Å². The van der Waals surface area contributed by atoms with Crippen molar-refractivity contribution >= 4 is 12.4 Å². The molecule has 1 aromatic rings. The summed E-state index contributed by atoms with van der Waals surface area (Å²) in [5.74, 6) is 0.867. The molecule has 0 heterocycles. The van der Waals surface area contributed by atoms with Crippen LogP contribution in [0.2, 0.25) is 0 Å². The van der Waals surface area contributed by atoms with Gasteiger partial charge in [0.15, 0.2) is 0 Å². The second kappa shape index (κ2) is 5.89. The third-order valence-electron chi connectivity index (χ3n) is 1.89. The Bertz CT molecular complexity index is 268. The van der Waals surface area contributed by atoms with Gasteiger partial charge in [0.25, 0.3) is 0 Å². The van der Waals surface area contributed by atoms with Gasteiger partial charge in [-0.2, -0.15) is 0 Å². The average molecular weight is 216 g/mol. The zero-order valence-corrected chi connectivity index (χ0v) is 9.73. The maximum Gasteiger partial charge on any atom is 0.147 e. The zero-order chi connectivity index (χ0) is 9.84. The van der Waals surface area contributed by atoms with Crippen LogP contribution in [0.15, 0.2) is 18.2 Å². The summed E-state index contributed by atoms with van der Waals surface area (Å²) in [7, 11) is 0. The van der Waals surface area contributed by atoms with Crippen LogP contribution in [0.3, 0.4) is 0 Å². The van der Waals surface area contributed by atoms with Crippen molar-refractivity contribution in [2.75, 3.05) is 0 Å². The van der Waals surface area contributed by atoms with Crippen molar-refractivity contribution in [2.24, 2.45) is 5.73 Å². The molecule has 2 nitrogen and oxygen atoms in total. The summed E-state index contributed by atoms with van der Waals surface area (Å²) < 4.78 is 5.50. The van der Waals surface area contributed by atoms with Crippen LogP contribution < -0.4 is 10.5 Å². The molecular formula is C11H18ClNO. The van der Waals surface area contributed by atoms with Gasteiger partial charge in [0.1, 0.15) is 12.0 Å². The molecule has 80 valence electrons. The largest absolute Gasteiger partial charge is 0.476 e. The van der Waals surface area contributed by atoms with Crippen molar-refractivity contribution in [3.63, 3.8) is 0 Å². The van der Waals surface area contributed by atoms with Gasteiger partial charge in [0.2, 0.25) is 0 Å². The molecule has 0 aliphatic heterocycles. The zero-order valence-electron chi connectivity index (χ0n) is 8.91. The van der Waals surface area contributed by atoms with E-state index in [0.29, 0.717) is 0 Å². The number of benzene rings is 1. The first-order valence-electron chi connectivity index (χ1n) is 4.62. The minimum absolute atomic E-state index is 0. The molecule has 0 aromatic heterocycles. The Hall–Kier alpha value is -0.730. The molecule has 0 bridgehead atoms. The van der Waals surface area contributed by atoms with Gasteiger partial charge in [0.05, 0.1) is 0 Å². The number of ether oxygens (including phenoxy) is 1. The van der Waals surface area contributed by atoms with E-state index in [2.05, 4.69) is 19.9 Å². The highest BCUT2D eigenvalue weighted by molar-refractivity contribution is 5.85. The number of aryl methyl sites for hydroxylation is 2. The lowest BCUT2D eigenvalue weighted by atomic mass is 10.1. The summed E-state index contributed by atoms with van der Waals surface area (Å²) >= 11 is 0. The minimum atomic E-state index is -0.193. The molecule has 2 N–H and O–H groups in total. The molecule has 1 atom stereocenters. The Kier molecular flexibility index (Phi) is 5.58. The van der Waals surface area contributed by atoms with E-state index in [4.69, 9.17) is 10.5 Å². The monoisotopic (exact) mass is 215 g/mol. The van der Waals surface area contributed by atoms with Gasteiger partial charge in [-0.3, -0.25) is 5.73 Å². The quantitative estimate of drug-likeness (QED) is 0.788. The van der Waals surface area contributed by atoms with Gasteiger partial charge >= 0.3 is 0 Å². The topological polar surface area (TPSA) is 35.2 Å². The lowest BCUT2D eigenvalue weighted by molar-refractivity contribution is 0.205. The van der Waals surface area contributed by atoms with Gasteiger partial charge in [-0.05, 0) is 43.5 Å². The first kappa shape index (κ1) is 13.3. The molecule has 0 aliphatic rings. The van der Waals surface area contributed by atoms with Crippen molar-refractivity contribution < 1.29 is 4.74 Å². The van der Waals surface area contributed by atoms with E-state index in [1.807, 2.05) is 19.1 Å². The van der Waals surface area contributed by atoms with Gasteiger partial charge in [0, 0.05) is 0 Å². The number of nitrogens with two attached hydrogens (primary N) is 1. The predicted octanol–water partition coefficient (Wildman–Crippen LogP) is 2.80. The molecule has 3 heteroatoms. The number of hydrogen-bond donors (Lipinski definition) is 1. The molecule has 1 unspecified atom stereocenters. The first-order chi connectivity index (χ1) is 6.11. The maximum atomic E-state index is 5.68. The number of rotatable bonds is 3. The Balaban J connectivity index is 0.00000169. The Morgan fingerprint density at radius 1 is 1.21 bits per heavy atom. The summed E-state index contributed by atoms with van der Waals surface area (Å²) in [5, 5.41) is 0. The summed E-state index contributed by atoms with van der Waals surface area (Å²) in [5.41, 5.74) is 8.10. The van der Waals surface area contributed by atoms with Crippen LogP contribution in [-0.4, -0.2) is 6.23 Å². The Morgan fingerprint density at radius 3 is 2.14 bits per heavy atom. The highest BCUT2D eigenvalue weighted by atomic mass is 35.5. The fourth-order valence-corrected chi connectivity index (χ4v) is 1.26. The van der Waals surface area contributed by atoms with Crippen LogP contribution in [0.1, 0.15) is 24.5 Å². The molecule has 0 aliphatic carbocycles. The maximum absolute atomic E-state index is 5.68. The summed E-state index contributed by atoms with van der Waals surface area (Å²) in [6.45, 7) is 6.11. The van der Waals surface area contributed by atoms with E-state index >= 15 is 0 Å². The normalized spacial score (nSPS) is 11.7. The molecule has 14 heavy (non-hydrogen) atoms. The van der Waals surface area contributed by atoms with E-state index in [1.54, 1.807) is 0 Å². The van der Waals surface area contributed by atoms with Crippen molar-refractivity contribution in [2.45, 2.75) is 33.4 Å². The number of halogens is 1. The first-order valence-corrected chi connectivity index (χ1v) is 4.62. The summed E-state index contributed by atoms with van der Waals surface area (Å²) in [6, 6.07) is 6.12. The summed E-state index contributed by atoms with van der Waals surface area (Å²) in [4.78, 5) is 0. The standard InChI is InChI=1S/C11H17NO.ClH/c1-4-11(12)13-10-6-8(2)5-9(3)7-10;/h5-7,11H,4,12H2,1-3H3;1H. The van der Waals surface area contributed by atoms with Crippen LogP contribution >= 0.6 is 12.4 Å². The molecular weight excluding hydrogens is 198 g/mol. The Morgan fingerprint density at radius 2 is 1.71 bits per heavy atom. The second-order valence-corrected chi connectivity index (χ2v) is 3.39. The van der Waals surface area contributed by atoms with Gasteiger partial charge in [-0.15, -0.1) is 12.4 Å². The average Bonchev–Trinajstić information content (AvgIpc) is 2.02. The fraction of sp³-hybridized carbons (Fsp3) is 0.455. The van der Waals surface area contributed by atoms with Crippen LogP contribution in [0.25, 0.3) is 0 Å². The predicted molar refractivity (Wildman–Crippen MR) is 62.1 cm³/mol. The molecule has 0 spiro atoms. The third kappa shape index (κ3) is 3.99. The minimum Gasteiger partial charge on any atom is -0.476 e. The van der Waals surface area contributed by atoms with E-state index in [-0.39, 0.29) is 18.6 Å². The molecule has 0 saturated heterocycles. The van der Waals surface area contributed by atoms with Crippen LogP contribution in [0.5, 0.6) is 5.75 Å². The van der Waals surface area contributed by atoms with Crippen LogP contribution in [-0.2, 0) is 0 Å². The molecule has 1 aromatic carbocycles. The lowest BCUT2D eigenvalue weighted by Gasteiger charge is -2.13. The third-order valence-corrected chi connectivity index (χ3v) is 1.89. The highest BCUT2D eigenvalue weighted by Crippen LogP contribution is 2.17. The van der Waals surface area contributed by atoms with Gasteiger partial charge in [-0.1, -0.05) is 13.0 Å². The van der Waals surface area contributed by atoms with E-state index < -0.39 is 0 Å². The van der Waals surface area contributed by atoms with Crippen molar-refractivity contribution in [3.05, 3.63) is 29.3 Å². The van der Waals surface area contributed by atoms with Crippen molar-refractivity contribution in [1.82, 2.24) is 0 Å². The lowest BCUT2D eigenvalue weighted by Crippen LogP contribution is -2.25. The molecule has 0 amide bonds. The molecule has 0 radical (unpaired) electrons. The smallest absolute Gasteiger partial charge is 0.147 e. The SMILES string of the molecule is CCC(N)Oc1cc(C)cc(C)c1.Cl. The number of hydrogen-bond acceptors (Lipinski definition) is 2. The fourth-order valence-electron chi connectivity index (χ4n) is 1.26. The van der Waals surface area contributed by atoms with Crippen LogP contribution in [0, 0.1) is 13.8 Å². The molecule has 1 rings (SSSR count). The summed E-state index contributed by atoms with van der Waals surface area (Å²) in [6.07, 6.45) is 0.633. The molecule has 0 fully saturated rings. The van der Waals surface area contributed by atoms with Gasteiger partial charge < -0.3 is 4.74 Å². The van der Waals surface area contributed by atoms with Crippen molar-refractivity contribution in [3.8, 4) is 5.75 Å².